The quantitative estimate of drug-likeness (QED) is 0.800. The van der Waals surface area contributed by atoms with Crippen LogP contribution in [0.25, 0.3) is 0 Å². The predicted molar refractivity (Wildman–Crippen MR) is 73.4 cm³/mol. The SMILES string of the molecule is Fc1ccc(Cl)c(CNCc2ccccc2C(F)(F)F)c1. The molecule has 2 aromatic carbocycles. The molecular formula is C15H12ClF4N. The summed E-state index contributed by atoms with van der Waals surface area (Å²) >= 11 is 5.90. The average Bonchev–Trinajstić information content (AvgIpc) is 2.42. The first kappa shape index (κ1) is 15.8. The summed E-state index contributed by atoms with van der Waals surface area (Å²) < 4.78 is 51.5. The number of rotatable bonds is 4. The van der Waals surface area contributed by atoms with Gasteiger partial charge in [-0.2, -0.15) is 13.2 Å². The van der Waals surface area contributed by atoms with Crippen LogP contribution in [0.2, 0.25) is 5.02 Å². The summed E-state index contributed by atoms with van der Waals surface area (Å²) in [7, 11) is 0. The number of benzene rings is 2. The molecule has 2 aromatic rings. The van der Waals surface area contributed by atoms with Gasteiger partial charge in [0.05, 0.1) is 5.56 Å². The van der Waals surface area contributed by atoms with Crippen LogP contribution in [-0.2, 0) is 19.3 Å². The molecule has 0 radical (unpaired) electrons. The normalized spacial score (nSPS) is 11.7. The lowest BCUT2D eigenvalue weighted by atomic mass is 10.1. The van der Waals surface area contributed by atoms with Crippen LogP contribution in [-0.4, -0.2) is 0 Å². The predicted octanol–water partition coefficient (Wildman–Crippen LogP) is 4.79. The van der Waals surface area contributed by atoms with Crippen molar-refractivity contribution in [2.45, 2.75) is 19.3 Å². The van der Waals surface area contributed by atoms with Gasteiger partial charge in [0, 0.05) is 18.1 Å². The molecule has 0 atom stereocenters. The molecule has 0 saturated heterocycles. The maximum Gasteiger partial charge on any atom is 0.416 e. The maximum atomic E-state index is 13.1. The van der Waals surface area contributed by atoms with Crippen molar-refractivity contribution >= 4 is 11.6 Å². The van der Waals surface area contributed by atoms with E-state index in [2.05, 4.69) is 5.32 Å². The van der Waals surface area contributed by atoms with Crippen molar-refractivity contribution in [1.29, 1.82) is 0 Å². The lowest BCUT2D eigenvalue weighted by molar-refractivity contribution is -0.138. The summed E-state index contributed by atoms with van der Waals surface area (Å²) in [6.45, 7) is 0.200. The van der Waals surface area contributed by atoms with Crippen molar-refractivity contribution < 1.29 is 17.6 Å². The molecule has 112 valence electrons. The molecule has 6 heteroatoms. The van der Waals surface area contributed by atoms with E-state index in [0.29, 0.717) is 10.6 Å². The van der Waals surface area contributed by atoms with Crippen LogP contribution in [0.5, 0.6) is 0 Å². The largest absolute Gasteiger partial charge is 0.416 e. The van der Waals surface area contributed by atoms with Crippen molar-refractivity contribution in [2.75, 3.05) is 0 Å². The highest BCUT2D eigenvalue weighted by Gasteiger charge is 2.32. The first-order valence-corrected chi connectivity index (χ1v) is 6.55. The van der Waals surface area contributed by atoms with Gasteiger partial charge in [-0.25, -0.2) is 4.39 Å². The molecule has 1 N–H and O–H groups in total. The molecule has 0 unspecified atom stereocenters. The van der Waals surface area contributed by atoms with E-state index >= 15 is 0 Å². The van der Waals surface area contributed by atoms with Gasteiger partial charge < -0.3 is 5.32 Å². The minimum absolute atomic E-state index is 0.0164. The minimum atomic E-state index is -4.39. The van der Waals surface area contributed by atoms with Crippen molar-refractivity contribution in [1.82, 2.24) is 5.32 Å². The highest BCUT2D eigenvalue weighted by molar-refractivity contribution is 6.31. The summed E-state index contributed by atoms with van der Waals surface area (Å²) in [5.74, 6) is -0.438. The van der Waals surface area contributed by atoms with E-state index in [1.165, 1.54) is 30.3 Å². The summed E-state index contributed by atoms with van der Waals surface area (Å²) in [5.41, 5.74) is -0.0403. The van der Waals surface area contributed by atoms with Crippen LogP contribution >= 0.6 is 11.6 Å². The van der Waals surface area contributed by atoms with Gasteiger partial charge in [0.1, 0.15) is 5.82 Å². The second-order valence-electron chi connectivity index (χ2n) is 4.49. The van der Waals surface area contributed by atoms with Gasteiger partial charge in [-0.3, -0.25) is 0 Å². The Kier molecular flexibility index (Phi) is 4.85. The molecule has 0 spiro atoms. The van der Waals surface area contributed by atoms with Crippen LogP contribution in [0.4, 0.5) is 17.6 Å². The van der Waals surface area contributed by atoms with E-state index in [1.807, 2.05) is 0 Å². The van der Waals surface area contributed by atoms with E-state index < -0.39 is 17.6 Å². The van der Waals surface area contributed by atoms with E-state index in [1.54, 1.807) is 6.07 Å². The molecule has 0 aromatic heterocycles. The fraction of sp³-hybridized carbons (Fsp3) is 0.200. The second-order valence-corrected chi connectivity index (χ2v) is 4.90. The van der Waals surface area contributed by atoms with E-state index in [9.17, 15) is 17.6 Å². The molecule has 0 aliphatic carbocycles. The fourth-order valence-electron chi connectivity index (χ4n) is 1.96. The summed E-state index contributed by atoms with van der Waals surface area (Å²) in [5, 5.41) is 3.22. The van der Waals surface area contributed by atoms with Crippen molar-refractivity contribution in [3.63, 3.8) is 0 Å². The molecule has 0 heterocycles. The summed E-state index contributed by atoms with van der Waals surface area (Å²) in [6, 6.07) is 9.22. The van der Waals surface area contributed by atoms with Crippen LogP contribution in [0.15, 0.2) is 42.5 Å². The van der Waals surface area contributed by atoms with Gasteiger partial charge in [-0.05, 0) is 35.4 Å². The number of hydrogen-bond donors (Lipinski definition) is 1. The number of halogens is 5. The molecule has 0 aliphatic heterocycles. The molecule has 0 bridgehead atoms. The Morgan fingerprint density at radius 3 is 2.33 bits per heavy atom. The Morgan fingerprint density at radius 2 is 1.62 bits per heavy atom. The number of alkyl halides is 3. The maximum absolute atomic E-state index is 13.1. The van der Waals surface area contributed by atoms with Gasteiger partial charge in [0.25, 0.3) is 0 Å². The van der Waals surface area contributed by atoms with Crippen LogP contribution in [0.1, 0.15) is 16.7 Å². The third kappa shape index (κ3) is 4.19. The molecule has 0 fully saturated rings. The van der Waals surface area contributed by atoms with Gasteiger partial charge in [-0.1, -0.05) is 29.8 Å². The molecule has 0 amide bonds. The molecule has 0 aliphatic rings. The Labute approximate surface area is 124 Å². The van der Waals surface area contributed by atoms with E-state index in [-0.39, 0.29) is 18.7 Å². The van der Waals surface area contributed by atoms with Crippen LogP contribution in [0.3, 0.4) is 0 Å². The average molecular weight is 318 g/mol. The smallest absolute Gasteiger partial charge is 0.309 e. The van der Waals surface area contributed by atoms with Gasteiger partial charge in [-0.15, -0.1) is 0 Å². The standard InChI is InChI=1S/C15H12ClF4N/c16-14-6-5-12(17)7-11(14)9-21-8-10-3-1-2-4-13(10)15(18,19)20/h1-7,21H,8-9H2. The van der Waals surface area contributed by atoms with Crippen molar-refractivity contribution in [3.8, 4) is 0 Å². The Hall–Kier alpha value is -1.59. The van der Waals surface area contributed by atoms with E-state index in [4.69, 9.17) is 11.6 Å². The van der Waals surface area contributed by atoms with E-state index in [0.717, 1.165) is 6.07 Å². The van der Waals surface area contributed by atoms with Crippen LogP contribution in [0, 0.1) is 5.82 Å². The fourth-order valence-corrected chi connectivity index (χ4v) is 2.15. The molecular weight excluding hydrogens is 306 g/mol. The molecule has 0 saturated carbocycles. The summed E-state index contributed by atoms with van der Waals surface area (Å²) in [6.07, 6.45) is -4.39. The Morgan fingerprint density at radius 1 is 0.952 bits per heavy atom. The lowest BCUT2D eigenvalue weighted by Gasteiger charge is -2.13. The topological polar surface area (TPSA) is 12.0 Å². The zero-order chi connectivity index (χ0) is 15.5. The zero-order valence-electron chi connectivity index (χ0n) is 10.8. The van der Waals surface area contributed by atoms with Crippen molar-refractivity contribution in [3.05, 3.63) is 70.0 Å². The minimum Gasteiger partial charge on any atom is -0.309 e. The second kappa shape index (κ2) is 6.45. The van der Waals surface area contributed by atoms with Gasteiger partial charge in [0.15, 0.2) is 0 Å². The Balaban J connectivity index is 2.06. The number of hydrogen-bond acceptors (Lipinski definition) is 1. The Bertz CT molecular complexity index is 625. The molecule has 21 heavy (non-hydrogen) atoms. The first-order valence-electron chi connectivity index (χ1n) is 6.17. The lowest BCUT2D eigenvalue weighted by Crippen LogP contribution is -2.17. The van der Waals surface area contributed by atoms with Crippen molar-refractivity contribution in [2.24, 2.45) is 0 Å². The number of nitrogens with one attached hydrogen (secondary N) is 1. The van der Waals surface area contributed by atoms with Crippen LogP contribution < -0.4 is 5.32 Å². The highest BCUT2D eigenvalue weighted by atomic mass is 35.5. The monoisotopic (exact) mass is 317 g/mol. The molecule has 1 nitrogen and oxygen atoms in total. The third-order valence-electron chi connectivity index (χ3n) is 2.96. The zero-order valence-corrected chi connectivity index (χ0v) is 11.6. The highest BCUT2D eigenvalue weighted by Crippen LogP contribution is 2.31. The van der Waals surface area contributed by atoms with Gasteiger partial charge in [0.2, 0.25) is 0 Å². The van der Waals surface area contributed by atoms with Gasteiger partial charge >= 0.3 is 6.18 Å². The summed E-state index contributed by atoms with van der Waals surface area (Å²) in [4.78, 5) is 0. The first-order chi connectivity index (χ1) is 9.88. The third-order valence-corrected chi connectivity index (χ3v) is 3.33. The molecule has 2 rings (SSSR count).